The fourth-order valence-corrected chi connectivity index (χ4v) is 4.09. The molecule has 0 amide bonds. The van der Waals surface area contributed by atoms with Gasteiger partial charge in [-0.05, 0) is 61.3 Å². The zero-order valence-electron chi connectivity index (χ0n) is 17.7. The maximum Gasteiger partial charge on any atom is 0.429 e. The molecule has 0 aliphatic heterocycles. The van der Waals surface area contributed by atoms with E-state index < -0.39 is 52.7 Å². The lowest BCUT2D eigenvalue weighted by Gasteiger charge is -2.28. The summed E-state index contributed by atoms with van der Waals surface area (Å²) in [7, 11) is 0. The average Bonchev–Trinajstić information content (AvgIpc) is 2.71. The van der Waals surface area contributed by atoms with E-state index in [1.54, 1.807) is 0 Å². The molecule has 1 fully saturated rings. The standard InChI is InChI=1S/C24H22F8O/c1-2-14-3-5-15(6-4-14)16-7-8-19(22(27)11-16)24(31,32)33-17-12-20(25)18(21(26)13-17)9-10-23(28,29)30/h7-15H,2-6H2,1H3/b10-9+. The molecule has 9 heteroatoms. The van der Waals surface area contributed by atoms with Gasteiger partial charge in [-0.1, -0.05) is 19.4 Å². The molecule has 3 rings (SSSR count). The Morgan fingerprint density at radius 2 is 1.48 bits per heavy atom. The van der Waals surface area contributed by atoms with E-state index in [4.69, 9.17) is 0 Å². The van der Waals surface area contributed by atoms with Crippen LogP contribution in [0.1, 0.15) is 61.6 Å². The normalized spacial score (nSPS) is 19.8. The summed E-state index contributed by atoms with van der Waals surface area (Å²) in [4.78, 5) is 0. The molecule has 2 aromatic carbocycles. The number of ether oxygens (including phenoxy) is 1. The van der Waals surface area contributed by atoms with Crippen LogP contribution in [0.4, 0.5) is 35.1 Å². The van der Waals surface area contributed by atoms with E-state index in [1.807, 2.05) is 0 Å². The molecule has 1 aliphatic carbocycles. The van der Waals surface area contributed by atoms with Gasteiger partial charge in [-0.3, -0.25) is 0 Å². The quantitative estimate of drug-likeness (QED) is 0.378. The Morgan fingerprint density at radius 1 is 0.879 bits per heavy atom. The molecule has 0 N–H and O–H groups in total. The molecular formula is C24H22F8O. The second kappa shape index (κ2) is 9.73. The van der Waals surface area contributed by atoms with Crippen molar-refractivity contribution >= 4 is 6.08 Å². The molecule has 2 aromatic rings. The van der Waals surface area contributed by atoms with Crippen molar-refractivity contribution in [2.24, 2.45) is 5.92 Å². The lowest BCUT2D eigenvalue weighted by molar-refractivity contribution is -0.187. The summed E-state index contributed by atoms with van der Waals surface area (Å²) in [5.74, 6) is -4.63. The molecule has 1 saturated carbocycles. The van der Waals surface area contributed by atoms with Gasteiger partial charge in [0.05, 0.1) is 5.56 Å². The van der Waals surface area contributed by atoms with Gasteiger partial charge in [0.2, 0.25) is 0 Å². The van der Waals surface area contributed by atoms with Gasteiger partial charge >= 0.3 is 12.3 Å². The van der Waals surface area contributed by atoms with Crippen LogP contribution in [0.15, 0.2) is 36.4 Å². The van der Waals surface area contributed by atoms with Crippen LogP contribution in [0.2, 0.25) is 0 Å². The maximum absolute atomic E-state index is 14.6. The third-order valence-corrected chi connectivity index (χ3v) is 5.94. The molecule has 0 radical (unpaired) electrons. The van der Waals surface area contributed by atoms with Crippen LogP contribution in [-0.4, -0.2) is 6.18 Å². The van der Waals surface area contributed by atoms with Crippen molar-refractivity contribution in [1.82, 2.24) is 0 Å². The maximum atomic E-state index is 14.6. The zero-order valence-corrected chi connectivity index (χ0v) is 17.7. The Labute approximate surface area is 186 Å². The summed E-state index contributed by atoms with van der Waals surface area (Å²) < 4.78 is 113. The number of alkyl halides is 5. The Kier molecular flexibility index (Phi) is 7.39. The van der Waals surface area contributed by atoms with E-state index in [0.29, 0.717) is 23.6 Å². The second-order valence-electron chi connectivity index (χ2n) is 8.16. The highest BCUT2D eigenvalue weighted by atomic mass is 19.4. The van der Waals surface area contributed by atoms with Crippen molar-refractivity contribution in [3.63, 3.8) is 0 Å². The van der Waals surface area contributed by atoms with Crippen molar-refractivity contribution < 1.29 is 39.9 Å². The first kappa shape index (κ1) is 25.1. The predicted octanol–water partition coefficient (Wildman–Crippen LogP) is 8.49. The van der Waals surface area contributed by atoms with Gasteiger partial charge in [0.1, 0.15) is 23.2 Å². The second-order valence-corrected chi connectivity index (χ2v) is 8.16. The summed E-state index contributed by atoms with van der Waals surface area (Å²) in [5.41, 5.74) is -1.59. The Hall–Kier alpha value is -2.58. The molecule has 0 spiro atoms. The zero-order chi connectivity index (χ0) is 24.4. The smallest absolute Gasteiger partial charge is 0.429 e. The van der Waals surface area contributed by atoms with Gasteiger partial charge in [-0.15, -0.1) is 0 Å². The number of allylic oxidation sites excluding steroid dienone is 1. The van der Waals surface area contributed by atoms with Gasteiger partial charge < -0.3 is 4.74 Å². The third-order valence-electron chi connectivity index (χ3n) is 5.94. The minimum Gasteiger partial charge on any atom is -0.429 e. The number of halogens is 8. The van der Waals surface area contributed by atoms with E-state index in [-0.39, 0.29) is 12.0 Å². The van der Waals surface area contributed by atoms with Crippen molar-refractivity contribution in [2.45, 2.75) is 57.2 Å². The molecule has 0 bridgehead atoms. The van der Waals surface area contributed by atoms with Crippen LogP contribution in [0.3, 0.4) is 0 Å². The van der Waals surface area contributed by atoms with Gasteiger partial charge in [0.25, 0.3) is 0 Å². The van der Waals surface area contributed by atoms with Crippen molar-refractivity contribution in [2.75, 3.05) is 0 Å². The van der Waals surface area contributed by atoms with E-state index in [1.165, 1.54) is 6.07 Å². The number of hydrogen-bond acceptors (Lipinski definition) is 1. The lowest BCUT2D eigenvalue weighted by atomic mass is 9.78. The molecule has 1 aliphatic rings. The van der Waals surface area contributed by atoms with Crippen molar-refractivity contribution in [3.05, 3.63) is 70.5 Å². The minimum absolute atomic E-state index is 0.0615. The van der Waals surface area contributed by atoms with Crippen molar-refractivity contribution in [1.29, 1.82) is 0 Å². The van der Waals surface area contributed by atoms with Gasteiger partial charge in [-0.25, -0.2) is 13.2 Å². The van der Waals surface area contributed by atoms with Gasteiger partial charge in [0, 0.05) is 23.8 Å². The molecule has 1 nitrogen and oxygen atoms in total. The van der Waals surface area contributed by atoms with E-state index in [9.17, 15) is 35.1 Å². The Balaban J connectivity index is 1.78. The van der Waals surface area contributed by atoms with E-state index in [2.05, 4.69) is 11.7 Å². The average molecular weight is 478 g/mol. The third kappa shape index (κ3) is 6.26. The minimum atomic E-state index is -4.82. The molecule has 0 saturated heterocycles. The fourth-order valence-electron chi connectivity index (χ4n) is 4.09. The van der Waals surface area contributed by atoms with Crippen molar-refractivity contribution in [3.8, 4) is 5.75 Å². The fraction of sp³-hybridized carbons (Fsp3) is 0.417. The van der Waals surface area contributed by atoms with Gasteiger partial charge in [0.15, 0.2) is 0 Å². The molecule has 33 heavy (non-hydrogen) atoms. The first-order valence-corrected chi connectivity index (χ1v) is 10.5. The van der Waals surface area contributed by atoms with Crippen LogP contribution in [0, 0.1) is 23.4 Å². The molecular weight excluding hydrogens is 456 g/mol. The number of rotatable bonds is 6. The monoisotopic (exact) mass is 478 g/mol. The molecule has 180 valence electrons. The van der Waals surface area contributed by atoms with Crippen LogP contribution < -0.4 is 4.74 Å². The topological polar surface area (TPSA) is 9.23 Å². The Morgan fingerprint density at radius 3 is 2.00 bits per heavy atom. The molecule has 0 aromatic heterocycles. The van der Waals surface area contributed by atoms with Crippen LogP contribution in [0.25, 0.3) is 6.08 Å². The largest absolute Gasteiger partial charge is 0.429 e. The van der Waals surface area contributed by atoms with E-state index in [0.717, 1.165) is 44.2 Å². The summed E-state index contributed by atoms with van der Waals surface area (Å²) in [6.45, 7) is 2.10. The lowest BCUT2D eigenvalue weighted by Crippen LogP contribution is -2.24. The highest BCUT2D eigenvalue weighted by molar-refractivity contribution is 5.53. The molecule has 0 unspecified atom stereocenters. The first-order chi connectivity index (χ1) is 15.4. The highest BCUT2D eigenvalue weighted by Crippen LogP contribution is 2.40. The van der Waals surface area contributed by atoms with Gasteiger partial charge in [-0.2, -0.15) is 22.0 Å². The highest BCUT2D eigenvalue weighted by Gasteiger charge is 2.38. The number of benzene rings is 2. The van der Waals surface area contributed by atoms with Crippen LogP contribution >= 0.6 is 0 Å². The van der Waals surface area contributed by atoms with E-state index >= 15 is 0 Å². The summed E-state index contributed by atoms with van der Waals surface area (Å²) in [6, 6.07) is 3.91. The van der Waals surface area contributed by atoms with Crippen LogP contribution in [-0.2, 0) is 6.11 Å². The Bertz CT molecular complexity index is 981. The first-order valence-electron chi connectivity index (χ1n) is 10.5. The number of hydrogen-bond donors (Lipinski definition) is 0. The summed E-state index contributed by atoms with van der Waals surface area (Å²) in [6.07, 6.45) is -4.66. The summed E-state index contributed by atoms with van der Waals surface area (Å²) >= 11 is 0. The predicted molar refractivity (Wildman–Crippen MR) is 107 cm³/mol. The SMILES string of the molecule is CCC1CCC(c2ccc(C(F)(F)Oc3cc(F)c(/C=C/C(F)(F)F)c(F)c3)c(F)c2)CC1. The molecule has 0 atom stereocenters. The van der Waals surface area contributed by atoms with Crippen LogP contribution in [0.5, 0.6) is 5.75 Å². The summed E-state index contributed by atoms with van der Waals surface area (Å²) in [5, 5.41) is 0. The molecule has 0 heterocycles.